The van der Waals surface area contributed by atoms with Crippen molar-refractivity contribution in [3.63, 3.8) is 0 Å². The molecule has 4 nitrogen and oxygen atoms in total. The Morgan fingerprint density at radius 2 is 2.11 bits per heavy atom. The van der Waals surface area contributed by atoms with Gasteiger partial charge >= 0.3 is 0 Å². The van der Waals surface area contributed by atoms with E-state index in [0.717, 1.165) is 11.3 Å². The zero-order valence-corrected chi connectivity index (χ0v) is 9.65. The zero-order chi connectivity index (χ0) is 12.5. The number of aromatic nitrogens is 1. The van der Waals surface area contributed by atoms with Crippen LogP contribution in [0.4, 0.5) is 0 Å². The lowest BCUT2D eigenvalue weighted by Gasteiger charge is -2.30. The van der Waals surface area contributed by atoms with Crippen LogP contribution < -0.4 is 4.74 Å². The smallest absolute Gasteiger partial charge is 0.150 e. The summed E-state index contributed by atoms with van der Waals surface area (Å²) in [5.74, 6) is 0.858. The van der Waals surface area contributed by atoms with Crippen LogP contribution in [0.25, 0.3) is 0 Å². The molecule has 2 heterocycles. The van der Waals surface area contributed by atoms with Crippen molar-refractivity contribution in [2.24, 2.45) is 0 Å². The monoisotopic (exact) mass is 243 g/mol. The molecular formula is C14H13NO3. The molecule has 2 N–H and O–H groups in total. The lowest BCUT2D eigenvalue weighted by Crippen LogP contribution is -2.30. The van der Waals surface area contributed by atoms with E-state index in [-0.39, 0.29) is 5.75 Å². The predicted molar refractivity (Wildman–Crippen MR) is 65.4 cm³/mol. The maximum atomic E-state index is 10.1. The van der Waals surface area contributed by atoms with Crippen molar-refractivity contribution >= 4 is 0 Å². The van der Waals surface area contributed by atoms with Gasteiger partial charge in [0.25, 0.3) is 0 Å². The summed E-state index contributed by atoms with van der Waals surface area (Å²) < 4.78 is 5.76. The van der Waals surface area contributed by atoms with Crippen LogP contribution in [-0.4, -0.2) is 21.3 Å². The summed E-state index contributed by atoms with van der Waals surface area (Å²) in [4.78, 5) is 4.18. The second-order valence-electron chi connectivity index (χ2n) is 4.35. The molecule has 0 unspecified atom stereocenters. The number of aliphatic hydroxyl groups is 1. The summed E-state index contributed by atoms with van der Waals surface area (Å²) in [6, 6.07) is 10.4. The Kier molecular flexibility index (Phi) is 2.64. The third-order valence-electron chi connectivity index (χ3n) is 3.05. The molecule has 2 atom stereocenters. The quantitative estimate of drug-likeness (QED) is 0.802. The van der Waals surface area contributed by atoms with E-state index < -0.39 is 12.2 Å². The van der Waals surface area contributed by atoms with Crippen LogP contribution in [0.15, 0.2) is 42.6 Å². The van der Waals surface area contributed by atoms with E-state index >= 15 is 0 Å². The van der Waals surface area contributed by atoms with Gasteiger partial charge in [-0.05, 0) is 29.8 Å². The molecular weight excluding hydrogens is 230 g/mol. The van der Waals surface area contributed by atoms with Crippen LogP contribution in [0.3, 0.4) is 0 Å². The van der Waals surface area contributed by atoms with Gasteiger partial charge in [-0.2, -0.15) is 0 Å². The topological polar surface area (TPSA) is 62.6 Å². The molecule has 1 aliphatic rings. The fraction of sp³-hybridized carbons (Fsp3) is 0.214. The van der Waals surface area contributed by atoms with Gasteiger partial charge in [0, 0.05) is 12.6 Å². The maximum Gasteiger partial charge on any atom is 0.150 e. The van der Waals surface area contributed by atoms with Gasteiger partial charge in [-0.15, -0.1) is 0 Å². The van der Waals surface area contributed by atoms with Crippen LogP contribution >= 0.6 is 0 Å². The first kappa shape index (κ1) is 11.0. The highest BCUT2D eigenvalue weighted by molar-refractivity contribution is 5.35. The average Bonchev–Trinajstić information content (AvgIpc) is 2.38. The normalized spacial score (nSPS) is 22.1. The first-order valence-corrected chi connectivity index (χ1v) is 5.81. The number of hydrogen-bond acceptors (Lipinski definition) is 4. The number of nitrogens with zero attached hydrogens (tertiary/aromatic N) is 1. The van der Waals surface area contributed by atoms with E-state index in [1.54, 1.807) is 30.5 Å². The average molecular weight is 243 g/mol. The number of phenolic OH excluding ortho intramolecular Hbond substituents is 1. The van der Waals surface area contributed by atoms with Gasteiger partial charge in [0.2, 0.25) is 0 Å². The molecule has 0 saturated heterocycles. The van der Waals surface area contributed by atoms with Gasteiger partial charge in [0.05, 0.1) is 5.69 Å². The van der Waals surface area contributed by atoms with Crippen LogP contribution in [0, 0.1) is 0 Å². The van der Waals surface area contributed by atoms with Gasteiger partial charge in [0.15, 0.2) is 6.10 Å². The third kappa shape index (κ3) is 1.91. The van der Waals surface area contributed by atoms with Crippen molar-refractivity contribution in [1.29, 1.82) is 0 Å². The SMILES string of the molecule is Oc1cccc([C@@H]2Oc3cccnc3C[C@H]2O)c1. The van der Waals surface area contributed by atoms with E-state index in [2.05, 4.69) is 4.98 Å². The van der Waals surface area contributed by atoms with E-state index in [1.807, 2.05) is 12.1 Å². The summed E-state index contributed by atoms with van der Waals surface area (Å²) in [7, 11) is 0. The lowest BCUT2D eigenvalue weighted by atomic mass is 9.97. The number of benzene rings is 1. The van der Waals surface area contributed by atoms with Gasteiger partial charge < -0.3 is 14.9 Å². The lowest BCUT2D eigenvalue weighted by molar-refractivity contribution is 0.0192. The summed E-state index contributed by atoms with van der Waals surface area (Å²) in [5.41, 5.74) is 1.53. The van der Waals surface area contributed by atoms with Gasteiger partial charge in [0.1, 0.15) is 17.6 Å². The highest BCUT2D eigenvalue weighted by Crippen LogP contribution is 2.34. The first-order valence-electron chi connectivity index (χ1n) is 5.81. The molecule has 1 aliphatic heterocycles. The fourth-order valence-electron chi connectivity index (χ4n) is 2.20. The van der Waals surface area contributed by atoms with Crippen molar-refractivity contribution in [3.05, 3.63) is 53.9 Å². The number of hydrogen-bond donors (Lipinski definition) is 2. The van der Waals surface area contributed by atoms with Crippen molar-refractivity contribution in [1.82, 2.24) is 4.98 Å². The highest BCUT2D eigenvalue weighted by atomic mass is 16.5. The zero-order valence-electron chi connectivity index (χ0n) is 9.65. The molecule has 4 heteroatoms. The number of aromatic hydroxyl groups is 1. The number of fused-ring (bicyclic) bond motifs is 1. The Balaban J connectivity index is 1.96. The highest BCUT2D eigenvalue weighted by Gasteiger charge is 2.30. The standard InChI is InChI=1S/C14H13NO3/c16-10-4-1-3-9(7-10)14-12(17)8-11-13(18-14)5-2-6-15-11/h1-7,12,14,16-17H,8H2/t12-,14+/m1/s1. The molecule has 0 fully saturated rings. The minimum atomic E-state index is -0.658. The largest absolute Gasteiger partial charge is 0.508 e. The number of rotatable bonds is 1. The number of aliphatic hydroxyl groups excluding tert-OH is 1. The van der Waals surface area contributed by atoms with Crippen molar-refractivity contribution in [2.75, 3.05) is 0 Å². The number of pyridine rings is 1. The Morgan fingerprint density at radius 3 is 2.94 bits per heavy atom. The Bertz CT molecular complexity index is 570. The summed E-state index contributed by atoms with van der Waals surface area (Å²) in [6.45, 7) is 0. The summed E-state index contributed by atoms with van der Waals surface area (Å²) in [6.07, 6.45) is 1.02. The van der Waals surface area contributed by atoms with E-state index in [1.165, 1.54) is 0 Å². The van der Waals surface area contributed by atoms with Gasteiger partial charge in [-0.25, -0.2) is 0 Å². The molecule has 1 aromatic heterocycles. The van der Waals surface area contributed by atoms with Crippen LogP contribution in [-0.2, 0) is 6.42 Å². The Hall–Kier alpha value is -2.07. The van der Waals surface area contributed by atoms with Crippen molar-refractivity contribution in [2.45, 2.75) is 18.6 Å². The maximum absolute atomic E-state index is 10.1. The molecule has 0 bridgehead atoms. The van der Waals surface area contributed by atoms with E-state index in [4.69, 9.17) is 4.74 Å². The number of phenols is 1. The Labute approximate surface area is 104 Å². The van der Waals surface area contributed by atoms with Crippen molar-refractivity contribution in [3.8, 4) is 11.5 Å². The van der Waals surface area contributed by atoms with Crippen LogP contribution in [0.2, 0.25) is 0 Å². The van der Waals surface area contributed by atoms with Crippen molar-refractivity contribution < 1.29 is 14.9 Å². The molecule has 0 spiro atoms. The first-order chi connectivity index (χ1) is 8.74. The van der Waals surface area contributed by atoms with Crippen LogP contribution in [0.5, 0.6) is 11.5 Å². The second kappa shape index (κ2) is 4.31. The summed E-state index contributed by atoms with van der Waals surface area (Å²) in [5, 5.41) is 19.6. The number of ether oxygens (including phenoxy) is 1. The van der Waals surface area contributed by atoms with Gasteiger partial charge in [-0.1, -0.05) is 12.1 Å². The fourth-order valence-corrected chi connectivity index (χ4v) is 2.20. The molecule has 0 aliphatic carbocycles. The molecule has 18 heavy (non-hydrogen) atoms. The molecule has 2 aromatic rings. The van der Waals surface area contributed by atoms with E-state index in [0.29, 0.717) is 12.2 Å². The molecule has 0 amide bonds. The molecule has 1 aromatic carbocycles. The minimum absolute atomic E-state index is 0.167. The van der Waals surface area contributed by atoms with E-state index in [9.17, 15) is 10.2 Å². The van der Waals surface area contributed by atoms with Crippen LogP contribution in [0.1, 0.15) is 17.4 Å². The summed E-state index contributed by atoms with van der Waals surface area (Å²) >= 11 is 0. The molecule has 0 saturated carbocycles. The molecule has 0 radical (unpaired) electrons. The van der Waals surface area contributed by atoms with Gasteiger partial charge in [-0.3, -0.25) is 4.98 Å². The third-order valence-corrected chi connectivity index (χ3v) is 3.05. The molecule has 3 rings (SSSR count). The predicted octanol–water partition coefficient (Wildman–Crippen LogP) is 1.82. The molecule has 92 valence electrons. The Morgan fingerprint density at radius 1 is 1.22 bits per heavy atom. The second-order valence-corrected chi connectivity index (χ2v) is 4.35. The minimum Gasteiger partial charge on any atom is -0.508 e.